The summed E-state index contributed by atoms with van der Waals surface area (Å²) in [7, 11) is -1.32. The van der Waals surface area contributed by atoms with E-state index < -0.39 is 9.84 Å². The van der Waals surface area contributed by atoms with Crippen molar-refractivity contribution in [3.63, 3.8) is 0 Å². The van der Waals surface area contributed by atoms with Crippen LogP contribution in [0.4, 0.5) is 0 Å². The molecule has 122 valence electrons. The summed E-state index contributed by atoms with van der Waals surface area (Å²) < 4.78 is 27.7. The summed E-state index contributed by atoms with van der Waals surface area (Å²) in [5.41, 5.74) is 1.16. The van der Waals surface area contributed by atoms with Crippen LogP contribution in [-0.2, 0) is 21.1 Å². The van der Waals surface area contributed by atoms with Crippen LogP contribution < -0.4 is 15.4 Å². The van der Waals surface area contributed by atoms with E-state index >= 15 is 0 Å². The van der Waals surface area contributed by atoms with Crippen LogP contribution in [0.3, 0.4) is 0 Å². The Hall–Kier alpha value is -1.60. The molecule has 2 rings (SSSR count). The van der Waals surface area contributed by atoms with Gasteiger partial charge < -0.3 is 15.4 Å². The van der Waals surface area contributed by atoms with Gasteiger partial charge in [0.1, 0.15) is 5.75 Å². The molecular formula is C15H22N2O4S. The van der Waals surface area contributed by atoms with Gasteiger partial charge in [-0.2, -0.15) is 0 Å². The molecule has 7 heteroatoms. The van der Waals surface area contributed by atoms with Crippen LogP contribution in [0.25, 0.3) is 0 Å². The van der Waals surface area contributed by atoms with E-state index in [4.69, 9.17) is 4.74 Å². The largest absolute Gasteiger partial charge is 0.497 e. The number of benzene rings is 1. The zero-order chi connectivity index (χ0) is 16.0. The van der Waals surface area contributed by atoms with Crippen molar-refractivity contribution in [2.24, 2.45) is 0 Å². The van der Waals surface area contributed by atoms with Crippen molar-refractivity contribution in [3.05, 3.63) is 29.8 Å². The van der Waals surface area contributed by atoms with Crippen LogP contribution >= 0.6 is 0 Å². The summed E-state index contributed by atoms with van der Waals surface area (Å²) in [5, 5.41) is 5.82. The minimum Gasteiger partial charge on any atom is -0.497 e. The Morgan fingerprint density at radius 3 is 2.64 bits per heavy atom. The van der Waals surface area contributed by atoms with Gasteiger partial charge in [0.15, 0.2) is 9.84 Å². The van der Waals surface area contributed by atoms with Gasteiger partial charge in [0, 0.05) is 6.04 Å². The Morgan fingerprint density at radius 2 is 2.05 bits per heavy atom. The number of rotatable bonds is 7. The van der Waals surface area contributed by atoms with Crippen molar-refractivity contribution < 1.29 is 17.9 Å². The standard InChI is InChI=1S/C15H22N2O4S/c1-21-14-4-2-12(3-5-14)6-8-16-10-15(18)17-13-7-9-22(19,20)11-13/h2-5,13,16H,6-11H2,1H3,(H,17,18). The van der Waals surface area contributed by atoms with Gasteiger partial charge in [0.25, 0.3) is 0 Å². The number of ether oxygens (including phenoxy) is 1. The second-order valence-corrected chi connectivity index (χ2v) is 7.67. The number of sulfone groups is 1. The van der Waals surface area contributed by atoms with Crippen LogP contribution in [0.2, 0.25) is 0 Å². The number of carbonyl (C=O) groups excluding carboxylic acids is 1. The Kier molecular flexibility index (Phi) is 5.79. The van der Waals surface area contributed by atoms with E-state index in [0.717, 1.165) is 17.7 Å². The van der Waals surface area contributed by atoms with Gasteiger partial charge in [-0.05, 0) is 37.1 Å². The van der Waals surface area contributed by atoms with E-state index in [9.17, 15) is 13.2 Å². The minimum atomic E-state index is -2.95. The van der Waals surface area contributed by atoms with Crippen molar-refractivity contribution in [3.8, 4) is 5.75 Å². The van der Waals surface area contributed by atoms with E-state index in [1.165, 1.54) is 0 Å². The van der Waals surface area contributed by atoms with Crippen molar-refractivity contribution in [1.29, 1.82) is 0 Å². The Labute approximate surface area is 131 Å². The van der Waals surface area contributed by atoms with Gasteiger partial charge in [-0.15, -0.1) is 0 Å². The SMILES string of the molecule is COc1ccc(CCNCC(=O)NC2CCS(=O)(=O)C2)cc1. The second-order valence-electron chi connectivity index (χ2n) is 5.44. The fourth-order valence-corrected chi connectivity index (χ4v) is 4.09. The van der Waals surface area contributed by atoms with E-state index in [-0.39, 0.29) is 30.0 Å². The molecule has 0 radical (unpaired) electrons. The van der Waals surface area contributed by atoms with Crippen molar-refractivity contribution in [1.82, 2.24) is 10.6 Å². The topological polar surface area (TPSA) is 84.5 Å². The normalized spacial score (nSPS) is 19.8. The molecule has 1 fully saturated rings. The number of carbonyl (C=O) groups is 1. The third-order valence-electron chi connectivity index (χ3n) is 3.63. The molecule has 2 N–H and O–H groups in total. The smallest absolute Gasteiger partial charge is 0.234 e. The lowest BCUT2D eigenvalue weighted by molar-refractivity contribution is -0.120. The molecule has 0 bridgehead atoms. The number of methoxy groups -OCH3 is 1. The summed E-state index contributed by atoms with van der Waals surface area (Å²) in [6.07, 6.45) is 1.33. The van der Waals surface area contributed by atoms with E-state index in [1.807, 2.05) is 24.3 Å². The predicted molar refractivity (Wildman–Crippen MR) is 84.8 cm³/mol. The monoisotopic (exact) mass is 326 g/mol. The molecule has 22 heavy (non-hydrogen) atoms. The van der Waals surface area contributed by atoms with Gasteiger partial charge >= 0.3 is 0 Å². The van der Waals surface area contributed by atoms with Crippen LogP contribution in [0.5, 0.6) is 5.75 Å². The molecule has 0 spiro atoms. The molecule has 1 aliphatic heterocycles. The number of hydrogen-bond acceptors (Lipinski definition) is 5. The van der Waals surface area contributed by atoms with Gasteiger partial charge in [-0.1, -0.05) is 12.1 Å². The highest BCUT2D eigenvalue weighted by molar-refractivity contribution is 7.91. The average molecular weight is 326 g/mol. The molecule has 1 unspecified atom stereocenters. The maximum atomic E-state index is 11.7. The minimum absolute atomic E-state index is 0.0601. The maximum absolute atomic E-state index is 11.7. The fraction of sp³-hybridized carbons (Fsp3) is 0.533. The lowest BCUT2D eigenvalue weighted by atomic mass is 10.1. The Bertz CT molecular complexity index is 598. The van der Waals surface area contributed by atoms with E-state index in [0.29, 0.717) is 13.0 Å². The summed E-state index contributed by atoms with van der Waals surface area (Å²) in [5.74, 6) is 0.896. The molecule has 1 amide bonds. The third kappa shape index (κ3) is 5.31. The fourth-order valence-electron chi connectivity index (χ4n) is 2.41. The number of amides is 1. The molecule has 0 aromatic heterocycles. The average Bonchev–Trinajstić information content (AvgIpc) is 2.83. The number of hydrogen-bond donors (Lipinski definition) is 2. The zero-order valence-electron chi connectivity index (χ0n) is 12.7. The maximum Gasteiger partial charge on any atom is 0.234 e. The molecule has 1 aromatic carbocycles. The Morgan fingerprint density at radius 1 is 1.32 bits per heavy atom. The first-order valence-electron chi connectivity index (χ1n) is 7.32. The third-order valence-corrected chi connectivity index (χ3v) is 5.40. The first-order chi connectivity index (χ1) is 10.5. The first kappa shape index (κ1) is 16.8. The van der Waals surface area contributed by atoms with E-state index in [2.05, 4.69) is 10.6 Å². The summed E-state index contributed by atoms with van der Waals surface area (Å²) in [6, 6.07) is 7.56. The highest BCUT2D eigenvalue weighted by atomic mass is 32.2. The molecule has 6 nitrogen and oxygen atoms in total. The molecule has 1 heterocycles. The lowest BCUT2D eigenvalue weighted by Crippen LogP contribution is -2.41. The predicted octanol–water partition coefficient (Wildman–Crippen LogP) is 0.131. The van der Waals surface area contributed by atoms with Gasteiger partial charge in [0.2, 0.25) is 5.91 Å². The molecule has 0 aliphatic carbocycles. The molecule has 1 aromatic rings. The van der Waals surface area contributed by atoms with Crippen LogP contribution in [0.1, 0.15) is 12.0 Å². The zero-order valence-corrected chi connectivity index (χ0v) is 13.5. The summed E-state index contributed by atoms with van der Waals surface area (Å²) in [4.78, 5) is 11.7. The highest BCUT2D eigenvalue weighted by Crippen LogP contribution is 2.12. The van der Waals surface area contributed by atoms with Crippen LogP contribution in [-0.4, -0.2) is 52.1 Å². The van der Waals surface area contributed by atoms with Gasteiger partial charge in [-0.25, -0.2) is 8.42 Å². The molecule has 0 saturated carbocycles. The second kappa shape index (κ2) is 7.60. The first-order valence-corrected chi connectivity index (χ1v) is 9.14. The van der Waals surface area contributed by atoms with Gasteiger partial charge in [0.05, 0.1) is 25.2 Å². The van der Waals surface area contributed by atoms with Crippen LogP contribution in [0.15, 0.2) is 24.3 Å². The molecule has 1 atom stereocenters. The van der Waals surface area contributed by atoms with Gasteiger partial charge in [-0.3, -0.25) is 4.79 Å². The lowest BCUT2D eigenvalue weighted by Gasteiger charge is -2.11. The van der Waals surface area contributed by atoms with Crippen molar-refractivity contribution in [2.75, 3.05) is 31.7 Å². The summed E-state index contributed by atoms with van der Waals surface area (Å²) >= 11 is 0. The quantitative estimate of drug-likeness (QED) is 0.696. The van der Waals surface area contributed by atoms with Crippen molar-refractivity contribution in [2.45, 2.75) is 18.9 Å². The number of nitrogens with one attached hydrogen (secondary N) is 2. The highest BCUT2D eigenvalue weighted by Gasteiger charge is 2.28. The van der Waals surface area contributed by atoms with Crippen LogP contribution in [0, 0.1) is 0 Å². The summed E-state index contributed by atoms with van der Waals surface area (Å²) in [6.45, 7) is 0.884. The molecule has 1 saturated heterocycles. The van der Waals surface area contributed by atoms with E-state index in [1.54, 1.807) is 7.11 Å². The molecular weight excluding hydrogens is 304 g/mol. The Balaban J connectivity index is 1.62. The van der Waals surface area contributed by atoms with Crippen molar-refractivity contribution >= 4 is 15.7 Å². The molecule has 1 aliphatic rings.